The third kappa shape index (κ3) is 4.28. The van der Waals surface area contributed by atoms with Crippen molar-refractivity contribution >= 4 is 16.0 Å². The Bertz CT molecular complexity index is 632. The van der Waals surface area contributed by atoms with Crippen LogP contribution in [0.3, 0.4) is 0 Å². The Labute approximate surface area is 129 Å². The van der Waals surface area contributed by atoms with Gasteiger partial charge in [-0.3, -0.25) is 9.48 Å². The van der Waals surface area contributed by atoms with Gasteiger partial charge in [-0.2, -0.15) is 5.10 Å². The number of aromatic nitrogens is 2. The molecule has 1 atom stereocenters. The highest BCUT2D eigenvalue weighted by molar-refractivity contribution is 7.89. The summed E-state index contributed by atoms with van der Waals surface area (Å²) in [5, 5.41) is 12.8. The monoisotopic (exact) mass is 331 g/mol. The van der Waals surface area contributed by atoms with Gasteiger partial charge in [0, 0.05) is 24.8 Å². The zero-order valence-electron chi connectivity index (χ0n) is 12.7. The van der Waals surface area contributed by atoms with Crippen LogP contribution in [0, 0.1) is 0 Å². The lowest BCUT2D eigenvalue weighted by Crippen LogP contribution is -2.43. The summed E-state index contributed by atoms with van der Waals surface area (Å²) in [6, 6.07) is 0.0592. The number of aliphatic carboxylic acids is 1. The van der Waals surface area contributed by atoms with E-state index in [9.17, 15) is 13.2 Å². The summed E-state index contributed by atoms with van der Waals surface area (Å²) in [6.07, 6.45) is 3.68. The van der Waals surface area contributed by atoms with Crippen molar-refractivity contribution in [3.63, 3.8) is 0 Å². The maximum absolute atomic E-state index is 12.4. The first-order valence-corrected chi connectivity index (χ1v) is 8.56. The Morgan fingerprint density at radius 1 is 1.59 bits per heavy atom. The molecule has 0 bridgehead atoms. The number of sulfonamides is 1. The molecule has 9 heteroatoms. The number of carboxylic acid groups (broad SMARTS) is 1. The molecule has 2 rings (SSSR count). The van der Waals surface area contributed by atoms with Crippen molar-refractivity contribution < 1.29 is 23.1 Å². The molecule has 0 saturated carbocycles. The van der Waals surface area contributed by atoms with Gasteiger partial charge >= 0.3 is 5.97 Å². The zero-order valence-corrected chi connectivity index (χ0v) is 13.5. The molecular formula is C13H21N3O5S. The van der Waals surface area contributed by atoms with E-state index in [2.05, 4.69) is 9.82 Å². The molecule has 0 spiro atoms. The Morgan fingerprint density at radius 3 is 2.91 bits per heavy atom. The largest absolute Gasteiger partial charge is 0.481 e. The second kappa shape index (κ2) is 6.35. The van der Waals surface area contributed by atoms with Crippen LogP contribution in [0.15, 0.2) is 17.3 Å². The van der Waals surface area contributed by atoms with Gasteiger partial charge in [0.05, 0.1) is 18.8 Å². The minimum absolute atomic E-state index is 0.0592. The van der Waals surface area contributed by atoms with Gasteiger partial charge in [0.1, 0.15) is 4.90 Å². The van der Waals surface area contributed by atoms with E-state index < -0.39 is 21.5 Å². The topological polar surface area (TPSA) is 111 Å². The average molecular weight is 331 g/mol. The van der Waals surface area contributed by atoms with Gasteiger partial charge in [-0.1, -0.05) is 0 Å². The molecule has 1 fully saturated rings. The maximum Gasteiger partial charge on any atom is 0.303 e. The molecule has 1 unspecified atom stereocenters. The summed E-state index contributed by atoms with van der Waals surface area (Å²) < 4.78 is 34.2. The highest BCUT2D eigenvalue weighted by Gasteiger charge is 2.28. The predicted octanol–water partition coefficient (Wildman–Crippen LogP) is 0.766. The first-order chi connectivity index (χ1) is 10.2. The molecule has 124 valence electrons. The van der Waals surface area contributed by atoms with Crippen LogP contribution in [0.25, 0.3) is 0 Å². The Kier molecular flexibility index (Phi) is 4.88. The van der Waals surface area contributed by atoms with Crippen LogP contribution in [-0.2, 0) is 19.6 Å². The second-order valence-electron chi connectivity index (χ2n) is 6.06. The minimum atomic E-state index is -3.74. The van der Waals surface area contributed by atoms with Crippen molar-refractivity contribution in [2.75, 3.05) is 13.2 Å². The van der Waals surface area contributed by atoms with E-state index in [0.29, 0.717) is 13.2 Å². The quantitative estimate of drug-likeness (QED) is 0.763. The molecule has 2 N–H and O–H groups in total. The molecule has 0 amide bonds. The van der Waals surface area contributed by atoms with E-state index in [-0.39, 0.29) is 23.8 Å². The first-order valence-electron chi connectivity index (χ1n) is 7.07. The summed E-state index contributed by atoms with van der Waals surface area (Å²) in [4.78, 5) is 10.7. The molecule has 2 heterocycles. The summed E-state index contributed by atoms with van der Waals surface area (Å²) in [5.74, 6) is -0.957. The number of nitrogens with zero attached hydrogens (tertiary/aromatic N) is 2. The van der Waals surface area contributed by atoms with E-state index in [1.807, 2.05) is 0 Å². The second-order valence-corrected chi connectivity index (χ2v) is 7.74. The van der Waals surface area contributed by atoms with Crippen LogP contribution in [0.5, 0.6) is 0 Å². The molecule has 0 aromatic carbocycles. The lowest BCUT2D eigenvalue weighted by atomic mass is 10.0. The van der Waals surface area contributed by atoms with Crippen LogP contribution in [0.1, 0.15) is 39.2 Å². The molecule has 22 heavy (non-hydrogen) atoms. The SMILES string of the molecule is CC(C)(CCC(=O)O)NS(=O)(=O)c1cnn(C2CCOC2)c1. The third-order valence-electron chi connectivity index (χ3n) is 3.54. The van der Waals surface area contributed by atoms with Crippen molar-refractivity contribution in [3.05, 3.63) is 12.4 Å². The van der Waals surface area contributed by atoms with Gasteiger partial charge in [-0.15, -0.1) is 0 Å². The Hall–Kier alpha value is -1.45. The normalized spacial score (nSPS) is 19.5. The molecular weight excluding hydrogens is 310 g/mol. The average Bonchev–Trinajstić information content (AvgIpc) is 3.06. The summed E-state index contributed by atoms with van der Waals surface area (Å²) >= 11 is 0. The number of hydrogen-bond acceptors (Lipinski definition) is 5. The van der Waals surface area contributed by atoms with Crippen molar-refractivity contribution in [1.29, 1.82) is 0 Å². The van der Waals surface area contributed by atoms with Crippen LogP contribution < -0.4 is 4.72 Å². The van der Waals surface area contributed by atoms with Crippen LogP contribution in [0.2, 0.25) is 0 Å². The van der Waals surface area contributed by atoms with Crippen LogP contribution in [0.4, 0.5) is 0 Å². The van der Waals surface area contributed by atoms with Crippen LogP contribution in [-0.4, -0.2) is 48.0 Å². The number of hydrogen-bond donors (Lipinski definition) is 2. The fourth-order valence-corrected chi connectivity index (χ4v) is 3.66. The van der Waals surface area contributed by atoms with Crippen molar-refractivity contribution in [2.45, 2.75) is 49.6 Å². The van der Waals surface area contributed by atoms with Gasteiger partial charge in [0.2, 0.25) is 10.0 Å². The highest BCUT2D eigenvalue weighted by atomic mass is 32.2. The van der Waals surface area contributed by atoms with Gasteiger partial charge in [-0.05, 0) is 26.7 Å². The lowest BCUT2D eigenvalue weighted by Gasteiger charge is -2.24. The first kappa shape index (κ1) is 16.9. The number of carboxylic acids is 1. The number of rotatable bonds is 7. The standard InChI is InChI=1S/C13H21N3O5S/c1-13(2,5-3-12(17)18)15-22(19,20)11-7-14-16(8-11)10-4-6-21-9-10/h7-8,10,15H,3-6,9H2,1-2H3,(H,17,18). The maximum atomic E-state index is 12.4. The fourth-order valence-electron chi connectivity index (χ4n) is 2.28. The molecule has 1 aromatic rings. The number of carbonyl (C=O) groups is 1. The van der Waals surface area contributed by atoms with E-state index in [1.165, 1.54) is 12.4 Å². The number of ether oxygens (including phenoxy) is 1. The Balaban J connectivity index is 2.07. The molecule has 1 aliphatic heterocycles. The van der Waals surface area contributed by atoms with Gasteiger partial charge in [0.25, 0.3) is 0 Å². The lowest BCUT2D eigenvalue weighted by molar-refractivity contribution is -0.137. The minimum Gasteiger partial charge on any atom is -0.481 e. The molecule has 1 aromatic heterocycles. The van der Waals surface area contributed by atoms with E-state index in [0.717, 1.165) is 6.42 Å². The van der Waals surface area contributed by atoms with Crippen molar-refractivity contribution in [3.8, 4) is 0 Å². The smallest absolute Gasteiger partial charge is 0.303 e. The highest BCUT2D eigenvalue weighted by Crippen LogP contribution is 2.21. The third-order valence-corrected chi connectivity index (χ3v) is 5.20. The van der Waals surface area contributed by atoms with E-state index in [1.54, 1.807) is 18.5 Å². The van der Waals surface area contributed by atoms with E-state index >= 15 is 0 Å². The molecule has 8 nitrogen and oxygen atoms in total. The number of nitrogens with one attached hydrogen (secondary N) is 1. The summed E-state index contributed by atoms with van der Waals surface area (Å²) in [7, 11) is -3.74. The predicted molar refractivity (Wildman–Crippen MR) is 78.0 cm³/mol. The molecule has 0 aliphatic carbocycles. The van der Waals surface area contributed by atoms with Gasteiger partial charge in [-0.25, -0.2) is 13.1 Å². The van der Waals surface area contributed by atoms with Gasteiger partial charge < -0.3 is 9.84 Å². The molecule has 1 aliphatic rings. The van der Waals surface area contributed by atoms with Crippen molar-refractivity contribution in [1.82, 2.24) is 14.5 Å². The van der Waals surface area contributed by atoms with E-state index in [4.69, 9.17) is 9.84 Å². The van der Waals surface area contributed by atoms with Gasteiger partial charge in [0.15, 0.2) is 0 Å². The zero-order chi connectivity index (χ0) is 16.4. The summed E-state index contributed by atoms with van der Waals surface area (Å²) in [6.45, 7) is 4.48. The molecule has 0 radical (unpaired) electrons. The molecule has 1 saturated heterocycles. The van der Waals surface area contributed by atoms with Crippen LogP contribution >= 0.6 is 0 Å². The summed E-state index contributed by atoms with van der Waals surface area (Å²) in [5.41, 5.74) is -0.851. The van der Waals surface area contributed by atoms with Crippen molar-refractivity contribution in [2.24, 2.45) is 0 Å². The fraction of sp³-hybridized carbons (Fsp3) is 0.692. The Morgan fingerprint density at radius 2 is 2.32 bits per heavy atom.